The van der Waals surface area contributed by atoms with Gasteiger partial charge in [0, 0.05) is 11.2 Å². The van der Waals surface area contributed by atoms with Gasteiger partial charge in [-0.1, -0.05) is 19.1 Å². The van der Waals surface area contributed by atoms with Gasteiger partial charge in [-0.05, 0) is 24.1 Å². The van der Waals surface area contributed by atoms with Crippen LogP contribution in [-0.4, -0.2) is 6.26 Å². The second-order valence-corrected chi connectivity index (χ2v) is 4.64. The monoisotopic (exact) mass is 190 g/mol. The molecule has 0 unspecified atom stereocenters. The maximum Gasteiger partial charge on any atom is 0.0823 e. The van der Waals surface area contributed by atoms with Gasteiger partial charge >= 0.3 is 0 Å². The summed E-state index contributed by atoms with van der Waals surface area (Å²) < 4.78 is 25.5. The molecule has 3 heteroatoms. The highest BCUT2D eigenvalue weighted by Crippen LogP contribution is 2.55. The lowest BCUT2D eigenvalue weighted by atomic mass is 10.2. The Hall–Kier alpha value is -0.570. The van der Waals surface area contributed by atoms with Crippen LogP contribution in [0.15, 0.2) is 29.2 Å². The van der Waals surface area contributed by atoms with E-state index < -0.39 is 10.8 Å². The number of aryl methyl sites for hydroxylation is 1. The number of hydrogen-bond acceptors (Lipinski definition) is 0. The zero-order valence-corrected chi connectivity index (χ0v) is 8.00. The van der Waals surface area contributed by atoms with Crippen molar-refractivity contribution in [1.82, 2.24) is 0 Å². The molecule has 0 atom stereocenters. The van der Waals surface area contributed by atoms with E-state index in [1.54, 1.807) is 12.1 Å². The largest absolute Gasteiger partial charge is 0.153 e. The number of halogens is 2. The van der Waals surface area contributed by atoms with Crippen molar-refractivity contribution in [3.05, 3.63) is 29.8 Å². The van der Waals surface area contributed by atoms with E-state index in [9.17, 15) is 7.77 Å². The Morgan fingerprint density at radius 1 is 1.17 bits per heavy atom. The lowest BCUT2D eigenvalue weighted by Gasteiger charge is -2.14. The van der Waals surface area contributed by atoms with Crippen LogP contribution in [0.3, 0.4) is 0 Å². The van der Waals surface area contributed by atoms with E-state index in [1.165, 1.54) is 12.1 Å². The van der Waals surface area contributed by atoms with Crippen LogP contribution in [0.25, 0.3) is 0 Å². The lowest BCUT2D eigenvalue weighted by Crippen LogP contribution is -1.85. The number of benzene rings is 1. The van der Waals surface area contributed by atoms with Crippen molar-refractivity contribution >= 4 is 10.8 Å². The van der Waals surface area contributed by atoms with Gasteiger partial charge < -0.3 is 0 Å². The molecule has 1 aromatic rings. The molecule has 0 N–H and O–H groups in total. The first-order valence-electron chi connectivity index (χ1n) is 3.80. The summed E-state index contributed by atoms with van der Waals surface area (Å²) in [6.07, 6.45) is 1.89. The molecule has 0 bridgehead atoms. The van der Waals surface area contributed by atoms with Crippen LogP contribution in [0.5, 0.6) is 0 Å². The Kier molecular flexibility index (Phi) is 2.73. The van der Waals surface area contributed by atoms with E-state index in [0.717, 1.165) is 18.2 Å². The molecule has 0 saturated carbocycles. The van der Waals surface area contributed by atoms with Gasteiger partial charge in [-0.15, -0.1) is 0 Å². The average molecular weight is 190 g/mol. The van der Waals surface area contributed by atoms with E-state index in [4.69, 9.17) is 0 Å². The summed E-state index contributed by atoms with van der Waals surface area (Å²) in [5.74, 6) is 0. The fourth-order valence-electron chi connectivity index (χ4n) is 0.964. The van der Waals surface area contributed by atoms with Gasteiger partial charge in [-0.2, -0.15) is 7.77 Å². The second kappa shape index (κ2) is 3.44. The van der Waals surface area contributed by atoms with Gasteiger partial charge in [0.2, 0.25) is 0 Å². The summed E-state index contributed by atoms with van der Waals surface area (Å²) in [5, 5.41) is 0. The van der Waals surface area contributed by atoms with Crippen molar-refractivity contribution in [2.75, 3.05) is 6.26 Å². The van der Waals surface area contributed by atoms with Gasteiger partial charge in [0.15, 0.2) is 0 Å². The molecular weight excluding hydrogens is 178 g/mol. The predicted molar refractivity (Wildman–Crippen MR) is 49.8 cm³/mol. The summed E-state index contributed by atoms with van der Waals surface area (Å²) in [7, 11) is -3.53. The maximum atomic E-state index is 12.8. The van der Waals surface area contributed by atoms with Crippen molar-refractivity contribution in [3.63, 3.8) is 0 Å². The molecule has 0 aliphatic heterocycles. The molecule has 0 heterocycles. The van der Waals surface area contributed by atoms with Crippen LogP contribution in [0, 0.1) is 0 Å². The van der Waals surface area contributed by atoms with Crippen LogP contribution in [-0.2, 0) is 6.42 Å². The Balaban J connectivity index is 2.93. The Labute approximate surface area is 73.5 Å². The molecule has 0 radical (unpaired) electrons. The molecule has 0 aromatic heterocycles. The number of hydrogen-bond donors (Lipinski definition) is 0. The minimum absolute atomic E-state index is 0.166. The molecule has 1 rings (SSSR count). The zero-order chi connectivity index (χ0) is 9.19. The zero-order valence-electron chi connectivity index (χ0n) is 7.18. The van der Waals surface area contributed by atoms with E-state index in [-0.39, 0.29) is 4.90 Å². The first-order valence-corrected chi connectivity index (χ1v) is 5.64. The molecule has 0 fully saturated rings. The van der Waals surface area contributed by atoms with Crippen LogP contribution in [0.4, 0.5) is 7.77 Å². The van der Waals surface area contributed by atoms with Crippen molar-refractivity contribution in [3.8, 4) is 0 Å². The smallest absolute Gasteiger partial charge is 0.0823 e. The molecule has 0 saturated heterocycles. The van der Waals surface area contributed by atoms with Crippen molar-refractivity contribution < 1.29 is 7.77 Å². The first-order chi connectivity index (χ1) is 5.54. The number of rotatable bonds is 2. The highest BCUT2D eigenvalue weighted by Gasteiger charge is 2.16. The van der Waals surface area contributed by atoms with Gasteiger partial charge in [0.25, 0.3) is 0 Å². The minimum atomic E-state index is -3.53. The minimum Gasteiger partial charge on any atom is -0.153 e. The normalized spacial score (nSPS) is 13.0. The maximum absolute atomic E-state index is 12.8. The van der Waals surface area contributed by atoms with Crippen LogP contribution >= 0.6 is 10.8 Å². The average Bonchev–Trinajstić information content (AvgIpc) is 2.03. The third kappa shape index (κ3) is 2.21. The fraction of sp³-hybridized carbons (Fsp3) is 0.333. The Morgan fingerprint density at radius 3 is 2.00 bits per heavy atom. The van der Waals surface area contributed by atoms with Crippen LogP contribution < -0.4 is 0 Å². The van der Waals surface area contributed by atoms with E-state index in [0.29, 0.717) is 0 Å². The molecule has 0 amide bonds. The summed E-state index contributed by atoms with van der Waals surface area (Å²) in [6, 6.07) is 6.57. The topological polar surface area (TPSA) is 0 Å². The van der Waals surface area contributed by atoms with Gasteiger partial charge in [0.05, 0.1) is 10.8 Å². The highest BCUT2D eigenvalue weighted by molar-refractivity contribution is 8.24. The van der Waals surface area contributed by atoms with E-state index in [1.807, 2.05) is 6.92 Å². The van der Waals surface area contributed by atoms with Crippen molar-refractivity contribution in [2.45, 2.75) is 18.2 Å². The molecule has 0 nitrogen and oxygen atoms in total. The molecule has 12 heavy (non-hydrogen) atoms. The molecule has 0 spiro atoms. The van der Waals surface area contributed by atoms with Crippen molar-refractivity contribution in [1.29, 1.82) is 0 Å². The molecule has 0 aliphatic carbocycles. The summed E-state index contributed by atoms with van der Waals surface area (Å²) in [4.78, 5) is 0.166. The van der Waals surface area contributed by atoms with Gasteiger partial charge in [-0.3, -0.25) is 0 Å². The van der Waals surface area contributed by atoms with Crippen LogP contribution in [0.1, 0.15) is 12.5 Å². The third-order valence-corrected chi connectivity index (χ3v) is 2.85. The highest BCUT2D eigenvalue weighted by atomic mass is 32.3. The van der Waals surface area contributed by atoms with Gasteiger partial charge in [0.1, 0.15) is 0 Å². The summed E-state index contributed by atoms with van der Waals surface area (Å²) in [6.45, 7) is 2.01. The summed E-state index contributed by atoms with van der Waals surface area (Å²) in [5.41, 5.74) is 1.10. The molecule has 1 aromatic carbocycles. The first kappa shape index (κ1) is 9.52. The lowest BCUT2D eigenvalue weighted by molar-refractivity contribution is 0.752. The van der Waals surface area contributed by atoms with Crippen LogP contribution in [0.2, 0.25) is 0 Å². The Morgan fingerprint density at radius 2 is 1.67 bits per heavy atom. The molecule has 0 aliphatic rings. The van der Waals surface area contributed by atoms with Crippen molar-refractivity contribution in [2.24, 2.45) is 0 Å². The van der Waals surface area contributed by atoms with E-state index >= 15 is 0 Å². The fourth-order valence-corrected chi connectivity index (χ4v) is 1.58. The standard InChI is InChI=1S/C9H12F2S/c1-3-8-4-6-9(7-5-8)12(2,10)11/h4-7H,3H2,1-2H3. The van der Waals surface area contributed by atoms with E-state index in [2.05, 4.69) is 0 Å². The SMILES string of the molecule is CCc1ccc(S(C)(F)F)cc1. The second-order valence-electron chi connectivity index (χ2n) is 2.72. The predicted octanol–water partition coefficient (Wildman–Crippen LogP) is 3.81. The molecular formula is C9H12F2S. The summed E-state index contributed by atoms with van der Waals surface area (Å²) >= 11 is 0. The molecule has 68 valence electrons. The van der Waals surface area contributed by atoms with Gasteiger partial charge in [-0.25, -0.2) is 0 Å². The Bertz CT molecular complexity index is 248. The quantitative estimate of drug-likeness (QED) is 0.665. The third-order valence-electron chi connectivity index (χ3n) is 1.75.